The lowest BCUT2D eigenvalue weighted by Crippen LogP contribution is -2.31. The van der Waals surface area contributed by atoms with Gasteiger partial charge in [0.05, 0.1) is 5.52 Å². The lowest BCUT2D eigenvalue weighted by molar-refractivity contribution is 0.0942. The summed E-state index contributed by atoms with van der Waals surface area (Å²) in [5.41, 5.74) is 1.11. The zero-order valence-corrected chi connectivity index (χ0v) is 13.9. The fraction of sp³-hybridized carbons (Fsp3) is 0.167. The molecule has 0 aliphatic carbocycles. The quantitative estimate of drug-likeness (QED) is 0.793. The summed E-state index contributed by atoms with van der Waals surface area (Å²) < 4.78 is 1.66. The second-order valence-corrected chi connectivity index (χ2v) is 5.76. The third-order valence-corrected chi connectivity index (χ3v) is 3.95. The lowest BCUT2D eigenvalue weighted by atomic mass is 10.2. The van der Waals surface area contributed by atoms with E-state index in [1.165, 1.54) is 0 Å². The average Bonchev–Trinajstić information content (AvgIpc) is 2.60. The van der Waals surface area contributed by atoms with Gasteiger partial charge in [0.2, 0.25) is 5.43 Å². The summed E-state index contributed by atoms with van der Waals surface area (Å²) in [6, 6.07) is 14.3. The monoisotopic (exact) mass is 341 g/mol. The van der Waals surface area contributed by atoms with Crippen LogP contribution in [0.1, 0.15) is 23.0 Å². The third kappa shape index (κ3) is 3.16. The Kier molecular flexibility index (Phi) is 4.62. The fourth-order valence-corrected chi connectivity index (χ4v) is 2.75. The summed E-state index contributed by atoms with van der Waals surface area (Å²) in [6.07, 6.45) is 0. The van der Waals surface area contributed by atoms with Crippen molar-refractivity contribution in [2.24, 2.45) is 0 Å². The summed E-state index contributed by atoms with van der Waals surface area (Å²) in [4.78, 5) is 25.0. The standard InChI is InChI=1S/C18H16ClN3O2/c1-2-22-15-9-4-3-8-14(15)17(23)16(21-22)18(24)20-11-12-6-5-7-13(19)10-12/h3-10H,2,11H2,1H3,(H,20,24). The minimum Gasteiger partial charge on any atom is -0.346 e. The van der Waals surface area contributed by atoms with Gasteiger partial charge in [0, 0.05) is 23.5 Å². The molecule has 1 N–H and O–H groups in total. The molecule has 0 spiro atoms. The highest BCUT2D eigenvalue weighted by Crippen LogP contribution is 2.11. The Morgan fingerprint density at radius 2 is 2.00 bits per heavy atom. The normalized spacial score (nSPS) is 10.8. The number of para-hydroxylation sites is 1. The van der Waals surface area contributed by atoms with Crippen molar-refractivity contribution in [3.63, 3.8) is 0 Å². The Hall–Kier alpha value is -2.66. The molecule has 0 fully saturated rings. The number of aromatic nitrogens is 2. The molecule has 0 aliphatic rings. The van der Waals surface area contributed by atoms with Crippen molar-refractivity contribution in [3.8, 4) is 0 Å². The summed E-state index contributed by atoms with van der Waals surface area (Å²) in [7, 11) is 0. The minimum absolute atomic E-state index is 0.0995. The van der Waals surface area contributed by atoms with Crippen molar-refractivity contribution in [1.82, 2.24) is 15.1 Å². The van der Waals surface area contributed by atoms with E-state index >= 15 is 0 Å². The van der Waals surface area contributed by atoms with Crippen molar-refractivity contribution in [2.75, 3.05) is 0 Å². The van der Waals surface area contributed by atoms with Crippen LogP contribution < -0.4 is 10.7 Å². The van der Waals surface area contributed by atoms with Crippen LogP contribution in [0.2, 0.25) is 5.02 Å². The van der Waals surface area contributed by atoms with Gasteiger partial charge in [0.25, 0.3) is 5.91 Å². The Labute approximate surface area is 143 Å². The van der Waals surface area contributed by atoms with E-state index in [1.54, 1.807) is 28.9 Å². The molecule has 6 heteroatoms. The fourth-order valence-electron chi connectivity index (χ4n) is 2.54. The van der Waals surface area contributed by atoms with E-state index in [9.17, 15) is 9.59 Å². The van der Waals surface area contributed by atoms with Gasteiger partial charge in [0.15, 0.2) is 5.69 Å². The molecule has 0 atom stereocenters. The number of carbonyl (C=O) groups excluding carboxylic acids is 1. The predicted molar refractivity (Wildman–Crippen MR) is 94.3 cm³/mol. The topological polar surface area (TPSA) is 64.0 Å². The molecule has 3 aromatic rings. The first-order valence-corrected chi connectivity index (χ1v) is 8.00. The van der Waals surface area contributed by atoms with Crippen LogP contribution in [0.3, 0.4) is 0 Å². The van der Waals surface area contributed by atoms with Crippen molar-refractivity contribution < 1.29 is 4.79 Å². The zero-order chi connectivity index (χ0) is 17.1. The second kappa shape index (κ2) is 6.84. The molecule has 0 bridgehead atoms. The molecule has 122 valence electrons. The van der Waals surface area contributed by atoms with Crippen molar-refractivity contribution >= 4 is 28.4 Å². The van der Waals surface area contributed by atoms with Crippen molar-refractivity contribution in [1.29, 1.82) is 0 Å². The number of hydrogen-bond acceptors (Lipinski definition) is 3. The molecule has 1 heterocycles. The number of nitrogens with one attached hydrogen (secondary N) is 1. The smallest absolute Gasteiger partial charge is 0.276 e. The van der Waals surface area contributed by atoms with Gasteiger partial charge in [-0.3, -0.25) is 14.3 Å². The van der Waals surface area contributed by atoms with Gasteiger partial charge < -0.3 is 5.32 Å². The van der Waals surface area contributed by atoms with Crippen LogP contribution in [0.5, 0.6) is 0 Å². The predicted octanol–water partition coefficient (Wildman–Crippen LogP) is 3.00. The van der Waals surface area contributed by atoms with Crippen LogP contribution in [-0.4, -0.2) is 15.7 Å². The molecule has 0 unspecified atom stereocenters. The summed E-state index contributed by atoms with van der Waals surface area (Å²) in [6.45, 7) is 2.76. The Morgan fingerprint density at radius 1 is 1.21 bits per heavy atom. The number of fused-ring (bicyclic) bond motifs is 1. The van der Waals surface area contributed by atoms with E-state index in [2.05, 4.69) is 10.4 Å². The van der Waals surface area contributed by atoms with E-state index in [0.717, 1.165) is 11.1 Å². The Balaban J connectivity index is 1.92. The van der Waals surface area contributed by atoms with Gasteiger partial charge in [-0.2, -0.15) is 5.10 Å². The van der Waals surface area contributed by atoms with Crippen molar-refractivity contribution in [2.45, 2.75) is 20.0 Å². The molecular formula is C18H16ClN3O2. The molecular weight excluding hydrogens is 326 g/mol. The number of rotatable bonds is 4. The Bertz CT molecular complexity index is 966. The van der Waals surface area contributed by atoms with E-state index in [1.807, 2.05) is 31.2 Å². The molecule has 1 amide bonds. The number of amides is 1. The second-order valence-electron chi connectivity index (χ2n) is 5.32. The molecule has 0 saturated heterocycles. The molecule has 0 saturated carbocycles. The average molecular weight is 342 g/mol. The molecule has 0 radical (unpaired) electrons. The number of aryl methyl sites for hydroxylation is 1. The number of hydrogen-bond donors (Lipinski definition) is 1. The summed E-state index contributed by atoms with van der Waals surface area (Å²) in [5, 5.41) is 8.03. The maximum absolute atomic E-state index is 12.5. The molecule has 5 nitrogen and oxygen atoms in total. The number of nitrogens with zero attached hydrogens (tertiary/aromatic N) is 2. The van der Waals surface area contributed by atoms with Gasteiger partial charge in [0.1, 0.15) is 0 Å². The van der Waals surface area contributed by atoms with E-state index in [4.69, 9.17) is 11.6 Å². The molecule has 1 aromatic heterocycles. The maximum Gasteiger partial charge on any atom is 0.276 e. The minimum atomic E-state index is -0.493. The van der Waals surface area contributed by atoms with E-state index in [0.29, 0.717) is 17.0 Å². The first-order valence-electron chi connectivity index (χ1n) is 7.62. The van der Waals surface area contributed by atoms with Crippen LogP contribution in [0.4, 0.5) is 0 Å². The van der Waals surface area contributed by atoms with Crippen LogP contribution in [0.15, 0.2) is 53.3 Å². The first kappa shape index (κ1) is 16.2. The van der Waals surface area contributed by atoms with Crippen molar-refractivity contribution in [3.05, 3.63) is 75.0 Å². The van der Waals surface area contributed by atoms with Gasteiger partial charge in [-0.05, 0) is 36.8 Å². The van der Waals surface area contributed by atoms with E-state index < -0.39 is 5.91 Å². The van der Waals surface area contributed by atoms with Gasteiger partial charge in [-0.25, -0.2) is 0 Å². The highest BCUT2D eigenvalue weighted by molar-refractivity contribution is 6.30. The van der Waals surface area contributed by atoms with Crippen LogP contribution in [0.25, 0.3) is 10.9 Å². The van der Waals surface area contributed by atoms with Crippen LogP contribution in [-0.2, 0) is 13.1 Å². The highest BCUT2D eigenvalue weighted by Gasteiger charge is 2.16. The highest BCUT2D eigenvalue weighted by atomic mass is 35.5. The number of carbonyl (C=O) groups is 1. The summed E-state index contributed by atoms with van der Waals surface area (Å²) >= 11 is 5.93. The van der Waals surface area contributed by atoms with Gasteiger partial charge in [-0.1, -0.05) is 35.9 Å². The van der Waals surface area contributed by atoms with Crippen LogP contribution >= 0.6 is 11.6 Å². The number of halogens is 1. The largest absolute Gasteiger partial charge is 0.346 e. The number of benzene rings is 2. The van der Waals surface area contributed by atoms with Gasteiger partial charge >= 0.3 is 0 Å². The molecule has 0 aliphatic heterocycles. The zero-order valence-electron chi connectivity index (χ0n) is 13.1. The first-order chi connectivity index (χ1) is 11.6. The SMILES string of the molecule is CCn1nc(C(=O)NCc2cccc(Cl)c2)c(=O)c2ccccc21. The lowest BCUT2D eigenvalue weighted by Gasteiger charge is -2.10. The third-order valence-electron chi connectivity index (χ3n) is 3.72. The molecule has 3 rings (SSSR count). The molecule has 24 heavy (non-hydrogen) atoms. The maximum atomic E-state index is 12.5. The molecule has 2 aromatic carbocycles. The van der Waals surface area contributed by atoms with E-state index in [-0.39, 0.29) is 17.7 Å². The van der Waals surface area contributed by atoms with Gasteiger partial charge in [-0.15, -0.1) is 0 Å². The Morgan fingerprint density at radius 3 is 2.75 bits per heavy atom. The summed E-state index contributed by atoms with van der Waals surface area (Å²) in [5.74, 6) is -0.493. The van der Waals surface area contributed by atoms with Crippen LogP contribution in [0, 0.1) is 0 Å².